The van der Waals surface area contributed by atoms with Crippen LogP contribution in [-0.2, 0) is 17.6 Å². The summed E-state index contributed by atoms with van der Waals surface area (Å²) in [7, 11) is 1.58. The standard InChI is InChI=1S/C25H29N3O4/c1-16(18-9-8-17-6-3-4-7-19(17)14-18)26-25(31)27-20-10-11-21-22(15-20)24(30)28(23(21)29)12-5-13-32-2/h8-11,14-16H,3-7,12-13H2,1-2H3,(H2,26,27,31). The maximum atomic E-state index is 12.7. The van der Waals surface area contributed by atoms with Gasteiger partial charge >= 0.3 is 6.03 Å². The van der Waals surface area contributed by atoms with Gasteiger partial charge in [0.25, 0.3) is 11.8 Å². The first-order valence-corrected chi connectivity index (χ1v) is 11.2. The zero-order valence-electron chi connectivity index (χ0n) is 18.6. The van der Waals surface area contributed by atoms with Gasteiger partial charge in [0.1, 0.15) is 0 Å². The first-order valence-electron chi connectivity index (χ1n) is 11.2. The van der Waals surface area contributed by atoms with Gasteiger partial charge in [0, 0.05) is 25.9 Å². The van der Waals surface area contributed by atoms with E-state index in [2.05, 4.69) is 28.8 Å². The minimum atomic E-state index is -0.358. The number of benzene rings is 2. The van der Waals surface area contributed by atoms with Crippen molar-refractivity contribution in [2.45, 2.75) is 45.1 Å². The Hall–Kier alpha value is -3.19. The van der Waals surface area contributed by atoms with E-state index in [1.807, 2.05) is 6.92 Å². The molecule has 2 aromatic rings. The van der Waals surface area contributed by atoms with Crippen LogP contribution in [0.4, 0.5) is 10.5 Å². The fraction of sp³-hybridized carbons (Fsp3) is 0.400. The number of amides is 4. The van der Waals surface area contributed by atoms with Gasteiger partial charge in [-0.05, 0) is 73.9 Å². The summed E-state index contributed by atoms with van der Waals surface area (Å²) in [5.41, 5.74) is 5.00. The molecule has 0 saturated heterocycles. The van der Waals surface area contributed by atoms with E-state index in [9.17, 15) is 14.4 Å². The second kappa shape index (κ2) is 9.53. The molecule has 1 unspecified atom stereocenters. The van der Waals surface area contributed by atoms with Crippen LogP contribution in [0, 0.1) is 0 Å². The van der Waals surface area contributed by atoms with Gasteiger partial charge in [-0.2, -0.15) is 0 Å². The summed E-state index contributed by atoms with van der Waals surface area (Å²) in [6.45, 7) is 2.73. The molecule has 7 nitrogen and oxygen atoms in total. The van der Waals surface area contributed by atoms with Gasteiger partial charge in [-0.25, -0.2) is 4.79 Å². The number of anilines is 1. The van der Waals surface area contributed by atoms with Crippen LogP contribution in [0.25, 0.3) is 0 Å². The largest absolute Gasteiger partial charge is 0.385 e. The zero-order chi connectivity index (χ0) is 22.7. The van der Waals surface area contributed by atoms with Crippen molar-refractivity contribution in [2.24, 2.45) is 0 Å². The number of fused-ring (bicyclic) bond motifs is 2. The summed E-state index contributed by atoms with van der Waals surface area (Å²) in [6.07, 6.45) is 5.24. The number of carbonyl (C=O) groups excluding carboxylic acids is 3. The molecule has 1 heterocycles. The van der Waals surface area contributed by atoms with Gasteiger partial charge in [-0.1, -0.05) is 18.2 Å². The number of methoxy groups -OCH3 is 1. The lowest BCUT2D eigenvalue weighted by molar-refractivity contribution is 0.0638. The Balaban J connectivity index is 1.39. The highest BCUT2D eigenvalue weighted by Gasteiger charge is 2.35. The van der Waals surface area contributed by atoms with E-state index < -0.39 is 0 Å². The molecule has 4 rings (SSSR count). The van der Waals surface area contributed by atoms with E-state index in [0.29, 0.717) is 36.4 Å². The second-order valence-corrected chi connectivity index (χ2v) is 8.42. The molecule has 0 bridgehead atoms. The topological polar surface area (TPSA) is 87.7 Å². The van der Waals surface area contributed by atoms with Gasteiger partial charge in [-0.3, -0.25) is 14.5 Å². The predicted octanol–water partition coefficient (Wildman–Crippen LogP) is 4.08. The Labute approximate surface area is 188 Å². The fourth-order valence-electron chi connectivity index (χ4n) is 4.41. The second-order valence-electron chi connectivity index (χ2n) is 8.42. The zero-order valence-corrected chi connectivity index (χ0v) is 18.6. The number of imide groups is 1. The normalized spacial score (nSPS) is 15.9. The van der Waals surface area contributed by atoms with Crippen molar-refractivity contribution in [3.63, 3.8) is 0 Å². The number of rotatable bonds is 7. The van der Waals surface area contributed by atoms with Crippen molar-refractivity contribution < 1.29 is 19.1 Å². The lowest BCUT2D eigenvalue weighted by Gasteiger charge is -2.20. The number of ether oxygens (including phenoxy) is 1. The first kappa shape index (κ1) is 22.0. The first-order chi connectivity index (χ1) is 15.5. The number of hydrogen-bond donors (Lipinski definition) is 2. The maximum Gasteiger partial charge on any atom is 0.319 e. The van der Waals surface area contributed by atoms with Gasteiger partial charge in [0.05, 0.1) is 17.2 Å². The van der Waals surface area contributed by atoms with Crippen molar-refractivity contribution in [1.29, 1.82) is 0 Å². The van der Waals surface area contributed by atoms with Crippen molar-refractivity contribution in [3.8, 4) is 0 Å². The Morgan fingerprint density at radius 1 is 1.03 bits per heavy atom. The molecule has 2 aromatic carbocycles. The molecule has 0 fully saturated rings. The van der Waals surface area contributed by atoms with E-state index in [1.54, 1.807) is 25.3 Å². The summed E-state index contributed by atoms with van der Waals surface area (Å²) >= 11 is 0. The number of nitrogens with zero attached hydrogens (tertiary/aromatic N) is 1. The molecule has 1 aliphatic carbocycles. The van der Waals surface area contributed by atoms with Crippen LogP contribution in [0.15, 0.2) is 36.4 Å². The van der Waals surface area contributed by atoms with E-state index in [1.165, 1.54) is 28.9 Å². The highest BCUT2D eigenvalue weighted by atomic mass is 16.5. The summed E-state index contributed by atoms with van der Waals surface area (Å²) < 4.78 is 5.00. The lowest BCUT2D eigenvalue weighted by Crippen LogP contribution is -2.31. The maximum absolute atomic E-state index is 12.7. The molecule has 0 saturated carbocycles. The van der Waals surface area contributed by atoms with Crippen LogP contribution in [0.2, 0.25) is 0 Å². The Morgan fingerprint density at radius 3 is 2.56 bits per heavy atom. The molecule has 168 valence electrons. The van der Waals surface area contributed by atoms with Crippen molar-refractivity contribution in [1.82, 2.24) is 10.2 Å². The van der Waals surface area contributed by atoms with Crippen molar-refractivity contribution >= 4 is 23.5 Å². The molecule has 7 heteroatoms. The summed E-state index contributed by atoms with van der Waals surface area (Å²) in [6, 6.07) is 10.7. The summed E-state index contributed by atoms with van der Waals surface area (Å²) in [5.74, 6) is -0.647. The number of nitrogens with one attached hydrogen (secondary N) is 2. The van der Waals surface area contributed by atoms with E-state index in [-0.39, 0.29) is 23.9 Å². The minimum absolute atomic E-state index is 0.156. The Bertz CT molecular complexity index is 1050. The third-order valence-electron chi connectivity index (χ3n) is 6.18. The van der Waals surface area contributed by atoms with E-state index >= 15 is 0 Å². The monoisotopic (exact) mass is 435 g/mol. The molecular formula is C25H29N3O4. The molecule has 4 amide bonds. The van der Waals surface area contributed by atoms with E-state index in [0.717, 1.165) is 18.4 Å². The molecule has 2 aliphatic rings. The Kier molecular flexibility index (Phi) is 6.55. The van der Waals surface area contributed by atoms with Crippen LogP contribution in [0.3, 0.4) is 0 Å². The third-order valence-corrected chi connectivity index (χ3v) is 6.18. The van der Waals surface area contributed by atoms with Crippen LogP contribution in [0.1, 0.15) is 69.6 Å². The van der Waals surface area contributed by atoms with Crippen molar-refractivity contribution in [3.05, 3.63) is 64.2 Å². The number of carbonyl (C=O) groups is 3. The molecule has 0 aromatic heterocycles. The molecular weight excluding hydrogens is 406 g/mol. The fourth-order valence-corrected chi connectivity index (χ4v) is 4.41. The van der Waals surface area contributed by atoms with Crippen LogP contribution < -0.4 is 10.6 Å². The molecule has 1 aliphatic heterocycles. The van der Waals surface area contributed by atoms with E-state index in [4.69, 9.17) is 4.74 Å². The van der Waals surface area contributed by atoms with Gasteiger partial charge < -0.3 is 15.4 Å². The molecule has 1 atom stereocenters. The lowest BCUT2D eigenvalue weighted by atomic mass is 9.89. The average molecular weight is 436 g/mol. The molecule has 0 spiro atoms. The minimum Gasteiger partial charge on any atom is -0.385 e. The summed E-state index contributed by atoms with van der Waals surface area (Å²) in [5, 5.41) is 5.74. The summed E-state index contributed by atoms with van der Waals surface area (Å²) in [4.78, 5) is 39.0. The number of urea groups is 1. The van der Waals surface area contributed by atoms with Gasteiger partial charge in [-0.15, -0.1) is 0 Å². The highest BCUT2D eigenvalue weighted by molar-refractivity contribution is 6.21. The highest BCUT2D eigenvalue weighted by Crippen LogP contribution is 2.27. The molecule has 0 radical (unpaired) electrons. The number of hydrogen-bond acceptors (Lipinski definition) is 4. The van der Waals surface area contributed by atoms with Crippen LogP contribution in [0.5, 0.6) is 0 Å². The quantitative estimate of drug-likeness (QED) is 0.507. The smallest absolute Gasteiger partial charge is 0.319 e. The third kappa shape index (κ3) is 4.53. The van der Waals surface area contributed by atoms with Gasteiger partial charge in [0.2, 0.25) is 0 Å². The van der Waals surface area contributed by atoms with Crippen LogP contribution in [-0.4, -0.2) is 43.0 Å². The molecule has 2 N–H and O–H groups in total. The SMILES string of the molecule is COCCCN1C(=O)c2ccc(NC(=O)NC(C)c3ccc4c(c3)CCCC4)cc2C1=O. The van der Waals surface area contributed by atoms with Crippen molar-refractivity contribution in [2.75, 3.05) is 25.6 Å². The Morgan fingerprint density at radius 2 is 1.78 bits per heavy atom. The predicted molar refractivity (Wildman–Crippen MR) is 122 cm³/mol. The van der Waals surface area contributed by atoms with Crippen LogP contribution >= 0.6 is 0 Å². The number of aryl methyl sites for hydroxylation is 2. The molecule has 32 heavy (non-hydrogen) atoms. The van der Waals surface area contributed by atoms with Gasteiger partial charge in [0.15, 0.2) is 0 Å². The average Bonchev–Trinajstić information content (AvgIpc) is 3.03.